The lowest BCUT2D eigenvalue weighted by atomic mass is 9.85. The van der Waals surface area contributed by atoms with Crippen molar-refractivity contribution < 1.29 is 10.2 Å². The van der Waals surface area contributed by atoms with Gasteiger partial charge in [0.2, 0.25) is 0 Å². The number of hydrogen-bond donors (Lipinski definition) is 2. The minimum Gasteiger partial charge on any atom is -0.396 e. The van der Waals surface area contributed by atoms with Crippen molar-refractivity contribution >= 4 is 22.6 Å². The standard InChI is InChI=1S/C11H15IO2/c1-11(7-13,8-14)6-9-4-2-3-5-10(9)12/h2-5,13-14H,6-8H2,1H3. The van der Waals surface area contributed by atoms with Crippen LogP contribution in [0.15, 0.2) is 24.3 Å². The van der Waals surface area contributed by atoms with E-state index < -0.39 is 5.41 Å². The van der Waals surface area contributed by atoms with E-state index in [2.05, 4.69) is 22.6 Å². The summed E-state index contributed by atoms with van der Waals surface area (Å²) in [6.07, 6.45) is 0.707. The highest BCUT2D eigenvalue weighted by Gasteiger charge is 2.23. The summed E-state index contributed by atoms with van der Waals surface area (Å²) in [5, 5.41) is 18.4. The fourth-order valence-corrected chi connectivity index (χ4v) is 1.84. The molecule has 0 fully saturated rings. The Bertz CT molecular complexity index is 295. The summed E-state index contributed by atoms with van der Waals surface area (Å²) in [4.78, 5) is 0. The van der Waals surface area contributed by atoms with Gasteiger partial charge in [0.25, 0.3) is 0 Å². The molecule has 0 aromatic heterocycles. The quantitative estimate of drug-likeness (QED) is 0.833. The number of hydrogen-bond acceptors (Lipinski definition) is 2. The van der Waals surface area contributed by atoms with Gasteiger partial charge in [-0.2, -0.15) is 0 Å². The van der Waals surface area contributed by atoms with Gasteiger partial charge in [0, 0.05) is 8.99 Å². The molecule has 78 valence electrons. The average molecular weight is 306 g/mol. The van der Waals surface area contributed by atoms with Crippen molar-refractivity contribution in [3.63, 3.8) is 0 Å². The van der Waals surface area contributed by atoms with Crippen molar-refractivity contribution in [2.75, 3.05) is 13.2 Å². The fraction of sp³-hybridized carbons (Fsp3) is 0.455. The van der Waals surface area contributed by atoms with Crippen LogP contribution in [0.3, 0.4) is 0 Å². The maximum atomic E-state index is 9.18. The fourth-order valence-electron chi connectivity index (χ4n) is 1.26. The summed E-state index contributed by atoms with van der Waals surface area (Å²) in [6, 6.07) is 8.03. The van der Waals surface area contributed by atoms with Crippen LogP contribution in [0, 0.1) is 8.99 Å². The second-order valence-corrected chi connectivity index (χ2v) is 5.06. The van der Waals surface area contributed by atoms with Gasteiger partial charge in [-0.25, -0.2) is 0 Å². The minimum absolute atomic E-state index is 0.00841. The van der Waals surface area contributed by atoms with Crippen LogP contribution in [0.2, 0.25) is 0 Å². The van der Waals surface area contributed by atoms with E-state index in [0.29, 0.717) is 6.42 Å². The molecule has 14 heavy (non-hydrogen) atoms. The molecule has 0 radical (unpaired) electrons. The first-order valence-corrected chi connectivity index (χ1v) is 5.64. The summed E-state index contributed by atoms with van der Waals surface area (Å²) < 4.78 is 1.18. The smallest absolute Gasteiger partial charge is 0.0509 e. The van der Waals surface area contributed by atoms with E-state index in [1.54, 1.807) is 0 Å². The van der Waals surface area contributed by atoms with Crippen LogP contribution >= 0.6 is 22.6 Å². The first kappa shape index (κ1) is 11.9. The van der Waals surface area contributed by atoms with Crippen molar-refractivity contribution in [3.05, 3.63) is 33.4 Å². The van der Waals surface area contributed by atoms with E-state index >= 15 is 0 Å². The molecule has 0 atom stereocenters. The summed E-state index contributed by atoms with van der Waals surface area (Å²) in [5.74, 6) is 0. The Kier molecular flexibility index (Phi) is 4.34. The molecule has 3 heteroatoms. The van der Waals surface area contributed by atoms with Crippen LogP contribution in [0.5, 0.6) is 0 Å². The van der Waals surface area contributed by atoms with Crippen molar-refractivity contribution in [2.24, 2.45) is 5.41 Å². The Hall–Kier alpha value is -0.130. The Morgan fingerprint density at radius 1 is 1.21 bits per heavy atom. The van der Waals surface area contributed by atoms with Gasteiger partial charge in [0.05, 0.1) is 13.2 Å². The normalized spacial score (nSPS) is 11.7. The molecule has 2 N–H and O–H groups in total. The second-order valence-electron chi connectivity index (χ2n) is 3.90. The highest BCUT2D eigenvalue weighted by Crippen LogP contribution is 2.24. The third kappa shape index (κ3) is 2.93. The highest BCUT2D eigenvalue weighted by molar-refractivity contribution is 14.1. The molecule has 0 aliphatic rings. The van der Waals surface area contributed by atoms with Crippen LogP contribution < -0.4 is 0 Å². The molecular weight excluding hydrogens is 291 g/mol. The van der Waals surface area contributed by atoms with Crippen molar-refractivity contribution in [1.29, 1.82) is 0 Å². The lowest BCUT2D eigenvalue weighted by Gasteiger charge is -2.25. The van der Waals surface area contributed by atoms with Gasteiger partial charge >= 0.3 is 0 Å². The third-order valence-electron chi connectivity index (χ3n) is 2.34. The zero-order chi connectivity index (χ0) is 10.6. The maximum absolute atomic E-state index is 9.18. The van der Waals surface area contributed by atoms with Gasteiger partial charge in [-0.1, -0.05) is 25.1 Å². The first-order chi connectivity index (χ1) is 6.61. The predicted octanol–water partition coefficient (Wildman–Crippen LogP) is 1.82. The SMILES string of the molecule is CC(CO)(CO)Cc1ccccc1I. The largest absolute Gasteiger partial charge is 0.396 e. The van der Waals surface area contributed by atoms with Crippen LogP contribution in [0.25, 0.3) is 0 Å². The number of aliphatic hydroxyl groups excluding tert-OH is 2. The minimum atomic E-state index is -0.415. The monoisotopic (exact) mass is 306 g/mol. The second kappa shape index (κ2) is 5.09. The van der Waals surface area contributed by atoms with Crippen LogP contribution in [-0.4, -0.2) is 23.4 Å². The molecule has 0 aliphatic heterocycles. The van der Waals surface area contributed by atoms with Gasteiger partial charge in [0.15, 0.2) is 0 Å². The van der Waals surface area contributed by atoms with Crippen LogP contribution in [0.1, 0.15) is 12.5 Å². The lowest BCUT2D eigenvalue weighted by Crippen LogP contribution is -2.28. The molecule has 0 spiro atoms. The highest BCUT2D eigenvalue weighted by atomic mass is 127. The average Bonchev–Trinajstić information content (AvgIpc) is 2.21. The van der Waals surface area contributed by atoms with Crippen molar-refractivity contribution in [2.45, 2.75) is 13.3 Å². The number of benzene rings is 1. The molecule has 2 nitrogen and oxygen atoms in total. The van der Waals surface area contributed by atoms with E-state index in [-0.39, 0.29) is 13.2 Å². The molecule has 0 heterocycles. The Balaban J connectivity index is 2.82. The van der Waals surface area contributed by atoms with Crippen molar-refractivity contribution in [1.82, 2.24) is 0 Å². The van der Waals surface area contributed by atoms with Gasteiger partial charge in [-0.05, 0) is 40.6 Å². The molecule has 0 amide bonds. The van der Waals surface area contributed by atoms with Gasteiger partial charge < -0.3 is 10.2 Å². The molecule has 0 aliphatic carbocycles. The zero-order valence-electron chi connectivity index (χ0n) is 8.20. The topological polar surface area (TPSA) is 40.5 Å². The maximum Gasteiger partial charge on any atom is 0.0509 e. The Morgan fingerprint density at radius 2 is 1.79 bits per heavy atom. The number of rotatable bonds is 4. The van der Waals surface area contributed by atoms with E-state index in [1.807, 2.05) is 31.2 Å². The summed E-state index contributed by atoms with van der Waals surface area (Å²) >= 11 is 2.27. The van der Waals surface area contributed by atoms with E-state index in [0.717, 1.165) is 0 Å². The summed E-state index contributed by atoms with van der Waals surface area (Å²) in [5.41, 5.74) is 0.764. The molecular formula is C11H15IO2. The Labute approximate surface area is 98.1 Å². The molecule has 0 saturated heterocycles. The molecule has 0 saturated carbocycles. The Morgan fingerprint density at radius 3 is 2.29 bits per heavy atom. The molecule has 1 rings (SSSR count). The summed E-state index contributed by atoms with van der Waals surface area (Å²) in [6.45, 7) is 1.90. The predicted molar refractivity (Wildman–Crippen MR) is 65.1 cm³/mol. The molecule has 1 aromatic carbocycles. The first-order valence-electron chi connectivity index (χ1n) is 4.56. The van der Waals surface area contributed by atoms with Gasteiger partial charge in [-0.3, -0.25) is 0 Å². The van der Waals surface area contributed by atoms with Gasteiger partial charge in [-0.15, -0.1) is 0 Å². The van der Waals surface area contributed by atoms with E-state index in [9.17, 15) is 10.2 Å². The van der Waals surface area contributed by atoms with Crippen LogP contribution in [0.4, 0.5) is 0 Å². The summed E-state index contributed by atoms with van der Waals surface area (Å²) in [7, 11) is 0. The van der Waals surface area contributed by atoms with Gasteiger partial charge in [0.1, 0.15) is 0 Å². The number of aliphatic hydroxyl groups is 2. The molecule has 0 bridgehead atoms. The zero-order valence-corrected chi connectivity index (χ0v) is 10.4. The van der Waals surface area contributed by atoms with Crippen LogP contribution in [-0.2, 0) is 6.42 Å². The van der Waals surface area contributed by atoms with Crippen molar-refractivity contribution in [3.8, 4) is 0 Å². The molecule has 1 aromatic rings. The number of halogens is 1. The lowest BCUT2D eigenvalue weighted by molar-refractivity contribution is 0.0702. The van der Waals surface area contributed by atoms with E-state index in [4.69, 9.17) is 0 Å². The van der Waals surface area contributed by atoms with E-state index in [1.165, 1.54) is 9.13 Å². The third-order valence-corrected chi connectivity index (χ3v) is 3.39. The molecule has 0 unspecified atom stereocenters.